The first kappa shape index (κ1) is 8.18. The Morgan fingerprint density at radius 3 is 2.92 bits per heavy atom. The number of fused-ring (bicyclic) bond motifs is 1. The van der Waals surface area contributed by atoms with Crippen LogP contribution in [0.4, 0.5) is 0 Å². The summed E-state index contributed by atoms with van der Waals surface area (Å²) in [6, 6.07) is 0. The second-order valence-electron chi connectivity index (χ2n) is 2.78. The first-order chi connectivity index (χ1) is 5.72. The maximum atomic E-state index is 9.47. The van der Waals surface area contributed by atoms with Crippen molar-refractivity contribution < 1.29 is 19.7 Å². The molecule has 0 amide bonds. The number of thiocarbonyl (C=S) groups is 1. The standard InChI is InChI=1S/C6H9NO4S/c8-1-2-3(9)4-5(10-2)7-6(12)11-4/h2-5,8-9H,1H2,(H,7,12)/t2-,3-,4-,5-/m1/s1. The van der Waals surface area contributed by atoms with Crippen LogP contribution in [0.15, 0.2) is 0 Å². The molecule has 0 aliphatic carbocycles. The van der Waals surface area contributed by atoms with Crippen molar-refractivity contribution in [2.75, 3.05) is 6.61 Å². The van der Waals surface area contributed by atoms with Crippen LogP contribution in [-0.2, 0) is 9.47 Å². The third kappa shape index (κ3) is 1.08. The minimum atomic E-state index is -0.812. The predicted molar refractivity (Wildman–Crippen MR) is 42.4 cm³/mol. The lowest BCUT2D eigenvalue weighted by atomic mass is 10.1. The lowest BCUT2D eigenvalue weighted by molar-refractivity contribution is -0.0263. The van der Waals surface area contributed by atoms with Crippen LogP contribution in [0.1, 0.15) is 0 Å². The van der Waals surface area contributed by atoms with E-state index in [1.165, 1.54) is 0 Å². The number of hydrogen-bond acceptors (Lipinski definition) is 5. The minimum absolute atomic E-state index is 0.216. The Morgan fingerprint density at radius 2 is 2.33 bits per heavy atom. The summed E-state index contributed by atoms with van der Waals surface area (Å²) >= 11 is 4.71. The van der Waals surface area contributed by atoms with Gasteiger partial charge in [0.15, 0.2) is 12.3 Å². The van der Waals surface area contributed by atoms with E-state index in [1.54, 1.807) is 0 Å². The molecule has 0 saturated carbocycles. The number of hydrogen-bond donors (Lipinski definition) is 3. The van der Waals surface area contributed by atoms with Crippen LogP contribution >= 0.6 is 12.2 Å². The fourth-order valence-corrected chi connectivity index (χ4v) is 1.64. The Morgan fingerprint density at radius 1 is 1.58 bits per heavy atom. The molecule has 0 aromatic heterocycles. The molecule has 0 spiro atoms. The van der Waals surface area contributed by atoms with Crippen LogP contribution in [0.5, 0.6) is 0 Å². The van der Waals surface area contributed by atoms with Crippen molar-refractivity contribution in [2.45, 2.75) is 24.5 Å². The molecule has 0 unspecified atom stereocenters. The van der Waals surface area contributed by atoms with E-state index in [4.69, 9.17) is 26.8 Å². The number of ether oxygens (including phenoxy) is 2. The second kappa shape index (κ2) is 2.81. The highest BCUT2D eigenvalue weighted by atomic mass is 32.1. The van der Waals surface area contributed by atoms with E-state index in [2.05, 4.69) is 5.32 Å². The molecule has 2 aliphatic heterocycles. The van der Waals surface area contributed by atoms with Gasteiger partial charge in [0.2, 0.25) is 0 Å². The number of aliphatic hydroxyl groups excluding tert-OH is 2. The summed E-state index contributed by atoms with van der Waals surface area (Å²) in [5.74, 6) is 0. The van der Waals surface area contributed by atoms with Gasteiger partial charge in [-0.25, -0.2) is 0 Å². The average molecular weight is 191 g/mol. The highest BCUT2D eigenvalue weighted by Gasteiger charge is 2.49. The summed E-state index contributed by atoms with van der Waals surface area (Å²) < 4.78 is 10.3. The molecule has 4 atom stereocenters. The summed E-state index contributed by atoms with van der Waals surface area (Å²) in [6.45, 7) is -0.216. The Hall–Kier alpha value is -0.430. The van der Waals surface area contributed by atoms with E-state index in [0.717, 1.165) is 0 Å². The van der Waals surface area contributed by atoms with Crippen molar-refractivity contribution >= 4 is 17.4 Å². The van der Waals surface area contributed by atoms with Gasteiger partial charge in [0, 0.05) is 0 Å². The molecule has 0 radical (unpaired) electrons. The van der Waals surface area contributed by atoms with Gasteiger partial charge < -0.3 is 25.0 Å². The number of nitrogens with one attached hydrogen (secondary N) is 1. The van der Waals surface area contributed by atoms with Gasteiger partial charge in [-0.2, -0.15) is 0 Å². The van der Waals surface area contributed by atoms with E-state index in [-0.39, 0.29) is 11.8 Å². The van der Waals surface area contributed by atoms with Crippen molar-refractivity contribution in [3.8, 4) is 0 Å². The van der Waals surface area contributed by atoms with Gasteiger partial charge in [-0.1, -0.05) is 0 Å². The molecule has 2 aliphatic rings. The smallest absolute Gasteiger partial charge is 0.259 e. The fraction of sp³-hybridized carbons (Fsp3) is 0.833. The first-order valence-corrected chi connectivity index (χ1v) is 4.04. The lowest BCUT2D eigenvalue weighted by Gasteiger charge is -2.13. The summed E-state index contributed by atoms with van der Waals surface area (Å²) in [5, 5.41) is 21.2. The van der Waals surface area contributed by atoms with E-state index in [9.17, 15) is 5.11 Å². The lowest BCUT2D eigenvalue weighted by Crippen LogP contribution is -2.33. The second-order valence-corrected chi connectivity index (χ2v) is 3.15. The first-order valence-electron chi connectivity index (χ1n) is 3.64. The highest BCUT2D eigenvalue weighted by Crippen LogP contribution is 2.26. The summed E-state index contributed by atoms with van der Waals surface area (Å²) in [7, 11) is 0. The van der Waals surface area contributed by atoms with Crippen LogP contribution < -0.4 is 5.32 Å². The van der Waals surface area contributed by atoms with Gasteiger partial charge in [0.05, 0.1) is 6.61 Å². The minimum Gasteiger partial charge on any atom is -0.460 e. The summed E-state index contributed by atoms with van der Waals surface area (Å²) in [5.41, 5.74) is 0. The SMILES string of the molecule is OC[C@H]1O[C@H]2NC(=S)O[C@@H]2[C@@H]1O. The predicted octanol–water partition coefficient (Wildman–Crippen LogP) is -1.66. The molecule has 0 bridgehead atoms. The van der Waals surface area contributed by atoms with Crippen LogP contribution in [-0.4, -0.2) is 46.5 Å². The molecule has 6 heteroatoms. The van der Waals surface area contributed by atoms with Crippen molar-refractivity contribution in [1.29, 1.82) is 0 Å². The van der Waals surface area contributed by atoms with Gasteiger partial charge in [-0.15, -0.1) is 0 Å². The zero-order chi connectivity index (χ0) is 8.72. The Kier molecular flexibility index (Phi) is 1.91. The highest BCUT2D eigenvalue weighted by molar-refractivity contribution is 7.80. The van der Waals surface area contributed by atoms with E-state index >= 15 is 0 Å². The molecule has 5 nitrogen and oxygen atoms in total. The van der Waals surface area contributed by atoms with E-state index in [0.29, 0.717) is 0 Å². The Balaban J connectivity index is 2.08. The Labute approximate surface area is 74.3 Å². The molecule has 68 valence electrons. The van der Waals surface area contributed by atoms with Crippen molar-refractivity contribution in [3.05, 3.63) is 0 Å². The molecule has 2 fully saturated rings. The van der Waals surface area contributed by atoms with Gasteiger partial charge >= 0.3 is 0 Å². The van der Waals surface area contributed by atoms with Crippen LogP contribution in [0.3, 0.4) is 0 Å². The molecule has 12 heavy (non-hydrogen) atoms. The molecular weight excluding hydrogens is 182 g/mol. The topological polar surface area (TPSA) is 71.0 Å². The van der Waals surface area contributed by atoms with Crippen LogP contribution in [0.2, 0.25) is 0 Å². The molecule has 0 aromatic rings. The largest absolute Gasteiger partial charge is 0.460 e. The van der Waals surface area contributed by atoms with Crippen molar-refractivity contribution in [1.82, 2.24) is 5.32 Å². The third-order valence-corrected chi connectivity index (χ3v) is 2.23. The summed E-state index contributed by atoms with van der Waals surface area (Å²) in [4.78, 5) is 0. The summed E-state index contributed by atoms with van der Waals surface area (Å²) in [6.07, 6.45) is -2.28. The molecule has 2 saturated heterocycles. The normalized spacial score (nSPS) is 45.3. The van der Waals surface area contributed by atoms with Gasteiger partial charge in [0.1, 0.15) is 12.2 Å². The van der Waals surface area contributed by atoms with E-state index in [1.807, 2.05) is 0 Å². The zero-order valence-electron chi connectivity index (χ0n) is 6.14. The number of rotatable bonds is 1. The average Bonchev–Trinajstić information content (AvgIpc) is 2.51. The van der Waals surface area contributed by atoms with Gasteiger partial charge in [0.25, 0.3) is 5.17 Å². The number of aliphatic hydroxyl groups is 2. The molecule has 2 rings (SSSR count). The zero-order valence-corrected chi connectivity index (χ0v) is 6.95. The maximum absolute atomic E-state index is 9.47. The molecule has 2 heterocycles. The molecule has 3 N–H and O–H groups in total. The fourth-order valence-electron chi connectivity index (χ4n) is 1.41. The molecule has 0 aromatic carbocycles. The third-order valence-electron chi connectivity index (χ3n) is 2.02. The van der Waals surface area contributed by atoms with Crippen LogP contribution in [0, 0.1) is 0 Å². The van der Waals surface area contributed by atoms with Crippen molar-refractivity contribution in [3.63, 3.8) is 0 Å². The maximum Gasteiger partial charge on any atom is 0.259 e. The van der Waals surface area contributed by atoms with Crippen LogP contribution in [0.25, 0.3) is 0 Å². The Bertz CT molecular complexity index is 212. The van der Waals surface area contributed by atoms with Gasteiger partial charge in [-0.05, 0) is 12.2 Å². The van der Waals surface area contributed by atoms with E-state index < -0.39 is 24.5 Å². The van der Waals surface area contributed by atoms with Crippen molar-refractivity contribution in [2.24, 2.45) is 0 Å². The van der Waals surface area contributed by atoms with Gasteiger partial charge in [-0.3, -0.25) is 0 Å². The molecular formula is C6H9NO4S. The quantitative estimate of drug-likeness (QED) is 0.431. The monoisotopic (exact) mass is 191 g/mol.